The third kappa shape index (κ3) is 2.84. The molecule has 2 atom stereocenters. The van der Waals surface area contributed by atoms with Gasteiger partial charge in [0.2, 0.25) is 5.95 Å². The van der Waals surface area contributed by atoms with Crippen LogP contribution in [0.15, 0.2) is 48.7 Å². The van der Waals surface area contributed by atoms with E-state index in [4.69, 9.17) is 19.9 Å². The molecule has 1 saturated heterocycles. The van der Waals surface area contributed by atoms with E-state index in [9.17, 15) is 8.78 Å². The lowest BCUT2D eigenvalue weighted by atomic mass is 9.80. The SMILES string of the molecule is COc1cc(F)c2c(c1)C1(CNCC(N)O1)c1cc(-c3cccnc3F)ccc1O2. The lowest BCUT2D eigenvalue weighted by Crippen LogP contribution is -2.56. The Morgan fingerprint density at radius 2 is 2.07 bits per heavy atom. The van der Waals surface area contributed by atoms with E-state index >= 15 is 0 Å². The summed E-state index contributed by atoms with van der Waals surface area (Å²) in [6.45, 7) is 0.770. The van der Waals surface area contributed by atoms with E-state index in [2.05, 4.69) is 10.3 Å². The maximum Gasteiger partial charge on any atom is 0.220 e. The molecule has 1 fully saturated rings. The van der Waals surface area contributed by atoms with Crippen LogP contribution in [0.4, 0.5) is 8.78 Å². The monoisotopic (exact) mass is 411 g/mol. The smallest absolute Gasteiger partial charge is 0.220 e. The third-order valence-electron chi connectivity index (χ3n) is 5.46. The van der Waals surface area contributed by atoms with Gasteiger partial charge in [-0.1, -0.05) is 6.07 Å². The van der Waals surface area contributed by atoms with Crippen molar-refractivity contribution >= 4 is 0 Å². The Hall–Kier alpha value is -3.07. The van der Waals surface area contributed by atoms with E-state index in [1.54, 1.807) is 36.4 Å². The molecule has 0 bridgehead atoms. The van der Waals surface area contributed by atoms with Crippen LogP contribution in [0.1, 0.15) is 11.1 Å². The summed E-state index contributed by atoms with van der Waals surface area (Å²) in [5.41, 5.74) is 6.99. The average molecular weight is 411 g/mol. The van der Waals surface area contributed by atoms with E-state index in [1.165, 1.54) is 19.4 Å². The van der Waals surface area contributed by atoms with Gasteiger partial charge in [0.15, 0.2) is 11.6 Å². The number of methoxy groups -OCH3 is 1. The van der Waals surface area contributed by atoms with Crippen molar-refractivity contribution < 1.29 is 23.0 Å². The van der Waals surface area contributed by atoms with Crippen molar-refractivity contribution in [2.24, 2.45) is 5.73 Å². The number of hydrogen-bond acceptors (Lipinski definition) is 6. The molecule has 0 saturated carbocycles. The Morgan fingerprint density at radius 1 is 1.20 bits per heavy atom. The van der Waals surface area contributed by atoms with E-state index < -0.39 is 23.6 Å². The van der Waals surface area contributed by atoms with Crippen LogP contribution < -0.4 is 20.5 Å². The first-order valence-electron chi connectivity index (χ1n) is 9.47. The Labute approximate surface area is 171 Å². The van der Waals surface area contributed by atoms with Crippen molar-refractivity contribution in [1.29, 1.82) is 0 Å². The largest absolute Gasteiger partial charge is 0.497 e. The Bertz CT molecular complexity index is 1140. The molecule has 8 heteroatoms. The Morgan fingerprint density at radius 3 is 2.83 bits per heavy atom. The number of ether oxygens (including phenoxy) is 3. The summed E-state index contributed by atoms with van der Waals surface area (Å²) in [5, 5.41) is 3.25. The number of hydrogen-bond donors (Lipinski definition) is 2. The van der Waals surface area contributed by atoms with Crippen LogP contribution in [0.25, 0.3) is 11.1 Å². The number of pyridine rings is 1. The number of nitrogens with zero attached hydrogens (tertiary/aromatic N) is 1. The standard InChI is InChI=1S/C22H19F2N3O3/c1-28-13-8-16-20(17(23)9-13)29-18-5-4-12(14-3-2-6-27-21(14)24)7-15(18)22(16)11-26-10-19(25)30-22/h2-9,19,26H,10-11,25H2,1H3. The summed E-state index contributed by atoms with van der Waals surface area (Å²) in [4.78, 5) is 3.73. The van der Waals surface area contributed by atoms with E-state index in [-0.39, 0.29) is 5.75 Å². The maximum atomic E-state index is 14.9. The van der Waals surface area contributed by atoms with Crippen LogP contribution in [0.5, 0.6) is 17.2 Å². The van der Waals surface area contributed by atoms with Gasteiger partial charge in [0.25, 0.3) is 0 Å². The van der Waals surface area contributed by atoms with E-state index in [0.29, 0.717) is 46.8 Å². The van der Waals surface area contributed by atoms with Gasteiger partial charge >= 0.3 is 0 Å². The fourth-order valence-corrected chi connectivity index (χ4v) is 4.10. The highest BCUT2D eigenvalue weighted by Gasteiger charge is 2.48. The van der Waals surface area contributed by atoms with Crippen LogP contribution in [0.3, 0.4) is 0 Å². The second-order valence-electron chi connectivity index (χ2n) is 7.25. The first-order chi connectivity index (χ1) is 14.5. The van der Waals surface area contributed by atoms with Gasteiger partial charge in [0.1, 0.15) is 23.3 Å². The minimum absolute atomic E-state index is 0.0551. The summed E-state index contributed by atoms with van der Waals surface area (Å²) in [6.07, 6.45) is 0.756. The van der Waals surface area contributed by atoms with Crippen molar-refractivity contribution in [2.75, 3.05) is 20.2 Å². The summed E-state index contributed by atoms with van der Waals surface area (Å²) < 4.78 is 46.6. The molecule has 154 valence electrons. The van der Waals surface area contributed by atoms with Crippen LogP contribution in [-0.4, -0.2) is 31.4 Å². The molecule has 30 heavy (non-hydrogen) atoms. The quantitative estimate of drug-likeness (QED) is 0.630. The second kappa shape index (κ2) is 7.02. The summed E-state index contributed by atoms with van der Waals surface area (Å²) in [7, 11) is 1.46. The summed E-state index contributed by atoms with van der Waals surface area (Å²) >= 11 is 0. The Balaban J connectivity index is 1.75. The number of benzene rings is 2. The van der Waals surface area contributed by atoms with Crippen molar-refractivity contribution in [3.63, 3.8) is 0 Å². The average Bonchev–Trinajstić information content (AvgIpc) is 2.75. The predicted molar refractivity (Wildman–Crippen MR) is 105 cm³/mol. The molecule has 5 rings (SSSR count). The second-order valence-corrected chi connectivity index (χ2v) is 7.25. The zero-order valence-corrected chi connectivity index (χ0v) is 16.1. The lowest BCUT2D eigenvalue weighted by Gasteiger charge is -2.44. The van der Waals surface area contributed by atoms with Gasteiger partial charge < -0.3 is 25.3 Å². The highest BCUT2D eigenvalue weighted by Crippen LogP contribution is 2.52. The molecule has 3 N–H and O–H groups in total. The highest BCUT2D eigenvalue weighted by atomic mass is 19.1. The minimum Gasteiger partial charge on any atom is -0.497 e. The van der Waals surface area contributed by atoms with Gasteiger partial charge in [0, 0.05) is 42.0 Å². The van der Waals surface area contributed by atoms with Crippen molar-refractivity contribution in [1.82, 2.24) is 10.3 Å². The fourth-order valence-electron chi connectivity index (χ4n) is 4.10. The molecule has 3 heterocycles. The number of fused-ring (bicyclic) bond motifs is 4. The van der Waals surface area contributed by atoms with Crippen molar-refractivity contribution in [3.05, 3.63) is 71.6 Å². The number of nitrogens with two attached hydrogens (primary N) is 1. The number of aromatic nitrogens is 1. The van der Waals surface area contributed by atoms with Gasteiger partial charge in [-0.25, -0.2) is 9.37 Å². The zero-order valence-electron chi connectivity index (χ0n) is 16.1. The molecule has 1 spiro atoms. The number of halogens is 2. The number of nitrogens with one attached hydrogen (secondary N) is 1. The molecule has 2 aromatic carbocycles. The molecule has 2 unspecified atom stereocenters. The lowest BCUT2D eigenvalue weighted by molar-refractivity contribution is -0.0973. The molecule has 1 aromatic heterocycles. The van der Waals surface area contributed by atoms with Crippen LogP contribution in [0, 0.1) is 11.8 Å². The van der Waals surface area contributed by atoms with Gasteiger partial charge in [-0.15, -0.1) is 0 Å². The number of morpholine rings is 1. The van der Waals surface area contributed by atoms with Crippen LogP contribution >= 0.6 is 0 Å². The van der Waals surface area contributed by atoms with Gasteiger partial charge in [-0.3, -0.25) is 0 Å². The molecule has 0 aliphatic carbocycles. The maximum absolute atomic E-state index is 14.9. The van der Waals surface area contributed by atoms with Crippen LogP contribution in [0.2, 0.25) is 0 Å². The van der Waals surface area contributed by atoms with Crippen LogP contribution in [-0.2, 0) is 10.3 Å². The normalized spacial score (nSPS) is 22.2. The van der Waals surface area contributed by atoms with Crippen molar-refractivity contribution in [2.45, 2.75) is 11.8 Å². The Kier molecular flexibility index (Phi) is 4.43. The fraction of sp³-hybridized carbons (Fsp3) is 0.227. The summed E-state index contributed by atoms with van der Waals surface area (Å²) in [5.74, 6) is -0.361. The highest BCUT2D eigenvalue weighted by molar-refractivity contribution is 5.69. The van der Waals surface area contributed by atoms with E-state index in [1.807, 2.05) is 0 Å². The number of rotatable bonds is 2. The molecule has 6 nitrogen and oxygen atoms in total. The first-order valence-corrected chi connectivity index (χ1v) is 9.47. The molecule has 0 radical (unpaired) electrons. The molecule has 2 aliphatic heterocycles. The predicted octanol–water partition coefficient (Wildman–Crippen LogP) is 3.29. The minimum atomic E-state index is -1.13. The molecule has 0 amide bonds. The van der Waals surface area contributed by atoms with Gasteiger partial charge in [-0.2, -0.15) is 4.39 Å². The van der Waals surface area contributed by atoms with Gasteiger partial charge in [-0.05, 0) is 35.9 Å². The summed E-state index contributed by atoms with van der Waals surface area (Å²) in [6, 6.07) is 11.4. The zero-order chi connectivity index (χ0) is 20.9. The molecular formula is C22H19F2N3O3. The molecule has 2 aliphatic rings. The first kappa shape index (κ1) is 18.9. The topological polar surface area (TPSA) is 78.6 Å². The van der Waals surface area contributed by atoms with E-state index in [0.717, 1.165) is 0 Å². The van der Waals surface area contributed by atoms with Crippen molar-refractivity contribution in [3.8, 4) is 28.4 Å². The molecular weight excluding hydrogens is 392 g/mol. The molecule has 3 aromatic rings. The third-order valence-corrected chi connectivity index (χ3v) is 5.46. The van der Waals surface area contributed by atoms with Gasteiger partial charge in [0.05, 0.1) is 7.11 Å².